The molecule has 0 spiro atoms. The first-order chi connectivity index (χ1) is 11.8. The van der Waals surface area contributed by atoms with Crippen LogP contribution in [-0.4, -0.2) is 33.5 Å². The minimum absolute atomic E-state index is 0.0318. The lowest BCUT2D eigenvalue weighted by molar-refractivity contribution is 0.310. The lowest BCUT2D eigenvalue weighted by Crippen LogP contribution is -2.26. The van der Waals surface area contributed by atoms with Crippen molar-refractivity contribution in [3.63, 3.8) is 0 Å². The lowest BCUT2D eigenvalue weighted by Gasteiger charge is -2.18. The predicted octanol–water partition coefficient (Wildman–Crippen LogP) is 3.19. The summed E-state index contributed by atoms with van der Waals surface area (Å²) in [4.78, 5) is -0.313. The molecule has 0 saturated heterocycles. The molecule has 136 valence electrons. The molecule has 0 heterocycles. The Bertz CT molecular complexity index is 856. The van der Waals surface area contributed by atoms with E-state index in [1.165, 1.54) is 14.2 Å². The third-order valence-corrected chi connectivity index (χ3v) is 5.33. The second kappa shape index (κ2) is 7.79. The highest BCUT2D eigenvalue weighted by molar-refractivity contribution is 7.89. The standard InChI is InChI=1S/C17H19F2NO4S/c1-4-24-16-8-5-12(9-17(16)23-3)11-20(2)25(21,22)13-6-7-14(18)15(19)10-13/h5-10H,4,11H2,1-3H3. The summed E-state index contributed by atoms with van der Waals surface area (Å²) in [7, 11) is -1.11. The fourth-order valence-corrected chi connectivity index (χ4v) is 3.42. The van der Waals surface area contributed by atoms with Crippen LogP contribution in [-0.2, 0) is 16.6 Å². The third kappa shape index (κ3) is 4.26. The fraction of sp³-hybridized carbons (Fsp3) is 0.294. The van der Waals surface area contributed by atoms with Gasteiger partial charge in [0, 0.05) is 13.6 Å². The fourth-order valence-electron chi connectivity index (χ4n) is 2.24. The van der Waals surface area contributed by atoms with E-state index in [1.807, 2.05) is 6.92 Å². The maximum atomic E-state index is 13.3. The highest BCUT2D eigenvalue weighted by Crippen LogP contribution is 2.29. The summed E-state index contributed by atoms with van der Waals surface area (Å²) in [6.45, 7) is 2.35. The Morgan fingerprint density at radius 2 is 1.76 bits per heavy atom. The van der Waals surface area contributed by atoms with Crippen LogP contribution in [0.3, 0.4) is 0 Å². The van der Waals surface area contributed by atoms with Crippen molar-refractivity contribution < 1.29 is 26.7 Å². The van der Waals surface area contributed by atoms with Gasteiger partial charge >= 0.3 is 0 Å². The molecule has 0 radical (unpaired) electrons. The van der Waals surface area contributed by atoms with Gasteiger partial charge in [0.1, 0.15) is 0 Å². The van der Waals surface area contributed by atoms with Crippen LogP contribution in [0.15, 0.2) is 41.3 Å². The van der Waals surface area contributed by atoms with E-state index in [0.717, 1.165) is 16.4 Å². The van der Waals surface area contributed by atoms with Crippen LogP contribution in [0.4, 0.5) is 8.78 Å². The van der Waals surface area contributed by atoms with Gasteiger partial charge in [0.15, 0.2) is 23.1 Å². The van der Waals surface area contributed by atoms with Crippen LogP contribution in [0.2, 0.25) is 0 Å². The minimum atomic E-state index is -3.96. The van der Waals surface area contributed by atoms with E-state index >= 15 is 0 Å². The van der Waals surface area contributed by atoms with Gasteiger partial charge in [0.2, 0.25) is 10.0 Å². The molecule has 0 atom stereocenters. The van der Waals surface area contributed by atoms with E-state index in [2.05, 4.69) is 0 Å². The molecule has 5 nitrogen and oxygen atoms in total. The van der Waals surface area contributed by atoms with Gasteiger partial charge in [0.05, 0.1) is 18.6 Å². The zero-order valence-corrected chi connectivity index (χ0v) is 14.9. The first-order valence-corrected chi connectivity index (χ1v) is 8.94. The van der Waals surface area contributed by atoms with Crippen molar-refractivity contribution in [3.05, 3.63) is 53.6 Å². The minimum Gasteiger partial charge on any atom is -0.493 e. The average molecular weight is 371 g/mol. The quantitative estimate of drug-likeness (QED) is 0.750. The van der Waals surface area contributed by atoms with Gasteiger partial charge in [0.25, 0.3) is 0 Å². The van der Waals surface area contributed by atoms with Gasteiger partial charge in [-0.3, -0.25) is 0 Å². The summed E-state index contributed by atoms with van der Waals surface area (Å²) >= 11 is 0. The van der Waals surface area contributed by atoms with Crippen molar-refractivity contribution in [1.29, 1.82) is 0 Å². The topological polar surface area (TPSA) is 55.8 Å². The molecule has 0 amide bonds. The predicted molar refractivity (Wildman–Crippen MR) is 89.2 cm³/mol. The van der Waals surface area contributed by atoms with Crippen molar-refractivity contribution in [2.24, 2.45) is 0 Å². The van der Waals surface area contributed by atoms with Gasteiger partial charge < -0.3 is 9.47 Å². The largest absolute Gasteiger partial charge is 0.493 e. The van der Waals surface area contributed by atoms with Crippen LogP contribution < -0.4 is 9.47 Å². The number of nitrogens with zero attached hydrogens (tertiary/aromatic N) is 1. The van der Waals surface area contributed by atoms with E-state index in [4.69, 9.17) is 9.47 Å². The zero-order valence-electron chi connectivity index (χ0n) is 14.1. The van der Waals surface area contributed by atoms with Crippen molar-refractivity contribution in [2.45, 2.75) is 18.4 Å². The molecule has 0 bridgehead atoms. The Balaban J connectivity index is 2.25. The number of rotatable bonds is 7. The Labute approximate surface area is 145 Å². The van der Waals surface area contributed by atoms with Crippen molar-refractivity contribution in [1.82, 2.24) is 4.31 Å². The molecule has 25 heavy (non-hydrogen) atoms. The molecule has 2 aromatic rings. The monoisotopic (exact) mass is 371 g/mol. The summed E-state index contributed by atoms with van der Waals surface area (Å²) in [5.41, 5.74) is 0.661. The van der Waals surface area contributed by atoms with Gasteiger partial charge in [-0.25, -0.2) is 17.2 Å². The van der Waals surface area contributed by atoms with Crippen molar-refractivity contribution in [3.8, 4) is 11.5 Å². The Kier molecular flexibility index (Phi) is 5.97. The number of ether oxygens (including phenoxy) is 2. The summed E-state index contributed by atoms with van der Waals surface area (Å²) in [5, 5.41) is 0. The van der Waals surface area contributed by atoms with Crippen molar-refractivity contribution >= 4 is 10.0 Å². The highest BCUT2D eigenvalue weighted by atomic mass is 32.2. The molecule has 0 aliphatic heterocycles. The number of hydrogen-bond acceptors (Lipinski definition) is 4. The smallest absolute Gasteiger partial charge is 0.243 e. The van der Waals surface area contributed by atoms with Crippen LogP contribution in [0.1, 0.15) is 12.5 Å². The first kappa shape index (κ1) is 19.1. The second-order valence-corrected chi connectivity index (χ2v) is 7.30. The van der Waals surface area contributed by atoms with Crippen LogP contribution in [0.25, 0.3) is 0 Å². The van der Waals surface area contributed by atoms with E-state index in [1.54, 1.807) is 18.2 Å². The first-order valence-electron chi connectivity index (χ1n) is 7.50. The van der Waals surface area contributed by atoms with Gasteiger partial charge in [-0.2, -0.15) is 4.31 Å². The summed E-state index contributed by atoms with van der Waals surface area (Å²) in [6, 6.07) is 7.56. The lowest BCUT2D eigenvalue weighted by atomic mass is 10.2. The molecule has 0 aliphatic carbocycles. The molecule has 0 unspecified atom stereocenters. The van der Waals surface area contributed by atoms with Gasteiger partial charge in [-0.1, -0.05) is 6.07 Å². The third-order valence-electron chi connectivity index (χ3n) is 3.53. The van der Waals surface area contributed by atoms with E-state index in [-0.39, 0.29) is 11.4 Å². The number of hydrogen-bond donors (Lipinski definition) is 0. The van der Waals surface area contributed by atoms with Crippen molar-refractivity contribution in [2.75, 3.05) is 20.8 Å². The maximum Gasteiger partial charge on any atom is 0.243 e. The molecular weight excluding hydrogens is 352 g/mol. The van der Waals surface area contributed by atoms with Gasteiger partial charge in [-0.15, -0.1) is 0 Å². The molecule has 0 aromatic heterocycles. The van der Waals surface area contributed by atoms with E-state index < -0.39 is 21.7 Å². The molecule has 8 heteroatoms. The highest BCUT2D eigenvalue weighted by Gasteiger charge is 2.22. The van der Waals surface area contributed by atoms with E-state index in [0.29, 0.717) is 29.7 Å². The Morgan fingerprint density at radius 3 is 2.36 bits per heavy atom. The maximum absolute atomic E-state index is 13.3. The zero-order chi connectivity index (χ0) is 18.6. The molecule has 0 fully saturated rings. The Hall–Kier alpha value is -2.19. The van der Waals surface area contributed by atoms with E-state index in [9.17, 15) is 17.2 Å². The second-order valence-electron chi connectivity index (χ2n) is 5.26. The molecule has 0 aliphatic rings. The van der Waals surface area contributed by atoms with Crippen LogP contribution in [0, 0.1) is 11.6 Å². The summed E-state index contributed by atoms with van der Waals surface area (Å²) in [5.74, 6) is -1.27. The number of methoxy groups -OCH3 is 1. The van der Waals surface area contributed by atoms with Crippen LogP contribution in [0.5, 0.6) is 11.5 Å². The summed E-state index contributed by atoms with van der Waals surface area (Å²) in [6.07, 6.45) is 0. The average Bonchev–Trinajstić information content (AvgIpc) is 2.58. The Morgan fingerprint density at radius 1 is 1.04 bits per heavy atom. The molecule has 0 saturated carbocycles. The molecule has 2 aromatic carbocycles. The normalized spacial score (nSPS) is 11.6. The molecule has 0 N–H and O–H groups in total. The number of benzene rings is 2. The number of halogens is 2. The molecule has 2 rings (SSSR count). The van der Waals surface area contributed by atoms with Crippen LogP contribution >= 0.6 is 0 Å². The SMILES string of the molecule is CCOc1ccc(CN(C)S(=O)(=O)c2ccc(F)c(F)c2)cc1OC. The number of sulfonamides is 1. The summed E-state index contributed by atoms with van der Waals surface area (Å²) < 4.78 is 63.0. The molecular formula is C17H19F2NO4S. The van der Waals surface area contributed by atoms with Gasteiger partial charge in [-0.05, 0) is 42.8 Å².